The average molecular weight is 555 g/mol. The van der Waals surface area contributed by atoms with Crippen LogP contribution in [0.15, 0.2) is 58.0 Å². The Morgan fingerprint density at radius 2 is 1.78 bits per heavy atom. The first-order valence-electron chi connectivity index (χ1n) is 12.0. The Morgan fingerprint density at radius 1 is 1.06 bits per heavy atom. The van der Waals surface area contributed by atoms with Crippen molar-refractivity contribution in [1.82, 2.24) is 5.43 Å². The number of ether oxygens (including phenoxy) is 1. The van der Waals surface area contributed by atoms with Gasteiger partial charge in [0, 0.05) is 17.5 Å². The fraction of sp³-hybridized carbons (Fsp3) is 0.407. The summed E-state index contributed by atoms with van der Waals surface area (Å²) < 4.78 is 12.7. The molecule has 3 N–H and O–H groups in total. The normalized spacial score (nSPS) is 17.0. The fourth-order valence-electron chi connectivity index (χ4n) is 5.13. The lowest BCUT2D eigenvalue weighted by Crippen LogP contribution is -2.41. The van der Waals surface area contributed by atoms with Gasteiger partial charge in [0.05, 0.1) is 0 Å². The van der Waals surface area contributed by atoms with E-state index in [1.54, 1.807) is 0 Å². The third kappa shape index (κ3) is 6.17. The van der Waals surface area contributed by atoms with E-state index < -0.39 is 6.04 Å². The molecule has 0 radical (unpaired) electrons. The van der Waals surface area contributed by atoms with Crippen molar-refractivity contribution in [3.63, 3.8) is 0 Å². The molecule has 3 aromatic rings. The Balaban J connectivity index is 0.00000152. The van der Waals surface area contributed by atoms with E-state index in [-0.39, 0.29) is 48.7 Å². The number of halogens is 3. The molecule has 2 aromatic carbocycles. The molecule has 2 aliphatic rings. The molecule has 1 aliphatic heterocycles. The van der Waals surface area contributed by atoms with Crippen molar-refractivity contribution in [2.24, 2.45) is 10.8 Å². The first-order valence-corrected chi connectivity index (χ1v) is 12.0. The summed E-state index contributed by atoms with van der Waals surface area (Å²) in [7, 11) is 0. The summed E-state index contributed by atoms with van der Waals surface area (Å²) in [6, 6.07) is 14.5. The number of benzene rings is 2. The quantitative estimate of drug-likeness (QED) is 0.392. The molecule has 1 aliphatic carbocycles. The van der Waals surface area contributed by atoms with Gasteiger partial charge in [-0.05, 0) is 67.7 Å². The minimum Gasteiger partial charge on any atom is -0.487 e. The van der Waals surface area contributed by atoms with E-state index in [1.807, 2.05) is 42.5 Å². The molecule has 196 valence electrons. The Bertz CT molecular complexity index is 1240. The molecule has 1 amide bonds. The summed E-state index contributed by atoms with van der Waals surface area (Å²) in [5.41, 5.74) is 12.8. The van der Waals surface area contributed by atoms with Gasteiger partial charge in [-0.15, -0.1) is 42.3 Å². The van der Waals surface area contributed by atoms with E-state index >= 15 is 0 Å². The molecular weight excluding hydrogens is 521 g/mol. The van der Waals surface area contributed by atoms with Crippen molar-refractivity contribution in [2.75, 3.05) is 0 Å². The van der Waals surface area contributed by atoms with Gasteiger partial charge in [-0.3, -0.25) is 4.79 Å². The predicted molar refractivity (Wildman–Crippen MR) is 149 cm³/mol. The van der Waals surface area contributed by atoms with Crippen molar-refractivity contribution in [3.05, 3.63) is 70.8 Å². The fourth-order valence-corrected chi connectivity index (χ4v) is 5.13. The third-order valence-corrected chi connectivity index (χ3v) is 7.06. The standard InChI is InChI=1S/C27H31N3O3.3ClH/c1-2-18-16-24(29-30-26(31)25(28)19-9-5-3-6-10-19)32-23-17-22-20(15-21(18)23)11-14-27(33-22)12-7-4-8-13-27;;;/h3,5-6,9-10,15-17,25H,2,4,7-8,11-14,28H2,1H3,(H,30,31);3*1H/b29-24+;;;. The summed E-state index contributed by atoms with van der Waals surface area (Å²) >= 11 is 0. The van der Waals surface area contributed by atoms with Crippen LogP contribution < -0.4 is 21.5 Å². The van der Waals surface area contributed by atoms with Crippen molar-refractivity contribution in [3.8, 4) is 5.75 Å². The largest absolute Gasteiger partial charge is 0.487 e. The topological polar surface area (TPSA) is 89.9 Å². The average Bonchev–Trinajstić information content (AvgIpc) is 2.86. The zero-order chi connectivity index (χ0) is 22.8. The molecule has 1 saturated carbocycles. The molecule has 2 heterocycles. The summed E-state index contributed by atoms with van der Waals surface area (Å²) in [6.07, 6.45) is 8.99. The molecule has 1 aromatic heterocycles. The van der Waals surface area contributed by atoms with Gasteiger partial charge >= 0.3 is 0 Å². The van der Waals surface area contributed by atoms with Gasteiger partial charge in [0.2, 0.25) is 5.55 Å². The maximum absolute atomic E-state index is 12.5. The molecule has 5 rings (SSSR count). The van der Waals surface area contributed by atoms with Gasteiger partial charge in [-0.1, -0.05) is 43.7 Å². The van der Waals surface area contributed by atoms with Crippen LogP contribution in [0.25, 0.3) is 11.0 Å². The molecule has 0 bridgehead atoms. The molecule has 1 atom stereocenters. The van der Waals surface area contributed by atoms with E-state index in [4.69, 9.17) is 14.9 Å². The molecule has 9 heteroatoms. The number of nitrogens with zero attached hydrogens (tertiary/aromatic N) is 1. The Morgan fingerprint density at radius 3 is 2.47 bits per heavy atom. The van der Waals surface area contributed by atoms with E-state index in [0.29, 0.717) is 5.55 Å². The summed E-state index contributed by atoms with van der Waals surface area (Å²) in [5.74, 6) is 0.538. The molecule has 1 unspecified atom stereocenters. The molecular formula is C27H34Cl3N3O3. The maximum Gasteiger partial charge on any atom is 0.261 e. The Hall–Kier alpha value is -2.25. The van der Waals surface area contributed by atoms with Crippen LogP contribution in [-0.4, -0.2) is 11.5 Å². The zero-order valence-corrected chi connectivity index (χ0v) is 22.8. The summed E-state index contributed by atoms with van der Waals surface area (Å²) in [4.78, 5) is 12.5. The first-order chi connectivity index (χ1) is 16.1. The minimum atomic E-state index is -0.798. The highest BCUT2D eigenvalue weighted by atomic mass is 35.5. The highest BCUT2D eigenvalue weighted by molar-refractivity contribution is 5.86. The predicted octanol–water partition coefficient (Wildman–Crippen LogP) is 5.92. The number of hydrogen-bond donors (Lipinski definition) is 2. The van der Waals surface area contributed by atoms with Gasteiger partial charge in [-0.25, -0.2) is 5.43 Å². The number of carbonyl (C=O) groups excluding carboxylic acids is 1. The number of hydrogen-bond acceptors (Lipinski definition) is 5. The molecule has 36 heavy (non-hydrogen) atoms. The molecule has 1 fully saturated rings. The number of nitrogens with two attached hydrogens (primary N) is 1. The van der Waals surface area contributed by atoms with E-state index in [2.05, 4.69) is 23.5 Å². The van der Waals surface area contributed by atoms with Crippen LogP contribution in [0.4, 0.5) is 0 Å². The highest BCUT2D eigenvalue weighted by Crippen LogP contribution is 2.43. The third-order valence-electron chi connectivity index (χ3n) is 7.06. The Labute approximate surface area is 230 Å². The van der Waals surface area contributed by atoms with Crippen LogP contribution in [0.5, 0.6) is 5.75 Å². The number of rotatable bonds is 4. The van der Waals surface area contributed by atoms with Crippen LogP contribution in [0.2, 0.25) is 0 Å². The number of fused-ring (bicyclic) bond motifs is 2. The maximum atomic E-state index is 12.5. The van der Waals surface area contributed by atoms with Crippen LogP contribution in [0, 0.1) is 0 Å². The summed E-state index contributed by atoms with van der Waals surface area (Å²) in [6.45, 7) is 2.11. The van der Waals surface area contributed by atoms with Gasteiger partial charge in [-0.2, -0.15) is 0 Å². The summed E-state index contributed by atoms with van der Waals surface area (Å²) in [5, 5.41) is 5.29. The lowest BCUT2D eigenvalue weighted by Gasteiger charge is -2.41. The molecule has 6 nitrogen and oxygen atoms in total. The van der Waals surface area contributed by atoms with Crippen molar-refractivity contribution in [1.29, 1.82) is 0 Å². The second kappa shape index (κ2) is 12.8. The van der Waals surface area contributed by atoms with Gasteiger partial charge in [0.15, 0.2) is 0 Å². The van der Waals surface area contributed by atoms with Gasteiger partial charge in [0.1, 0.15) is 23.0 Å². The van der Waals surface area contributed by atoms with Crippen LogP contribution in [-0.2, 0) is 17.6 Å². The lowest BCUT2D eigenvalue weighted by atomic mass is 9.79. The second-order valence-electron chi connectivity index (χ2n) is 9.24. The van der Waals surface area contributed by atoms with Crippen LogP contribution in [0.3, 0.4) is 0 Å². The van der Waals surface area contributed by atoms with Crippen molar-refractivity contribution >= 4 is 54.1 Å². The second-order valence-corrected chi connectivity index (χ2v) is 9.24. The Kier molecular flexibility index (Phi) is 10.7. The molecule has 1 spiro atoms. The number of carbonyl (C=O) groups is 1. The van der Waals surface area contributed by atoms with E-state index in [1.165, 1.54) is 24.8 Å². The smallest absolute Gasteiger partial charge is 0.261 e. The zero-order valence-electron chi connectivity index (χ0n) is 20.3. The van der Waals surface area contributed by atoms with Crippen LogP contribution in [0.1, 0.15) is 68.2 Å². The first kappa shape index (κ1) is 30.0. The van der Waals surface area contributed by atoms with E-state index in [0.717, 1.165) is 59.9 Å². The van der Waals surface area contributed by atoms with Crippen molar-refractivity contribution < 1.29 is 13.9 Å². The molecule has 0 saturated heterocycles. The van der Waals surface area contributed by atoms with Crippen molar-refractivity contribution in [2.45, 2.75) is 69.9 Å². The highest BCUT2D eigenvalue weighted by Gasteiger charge is 2.37. The SMILES string of the molecule is CCc1c/c(=N\NC(=O)C(N)c2ccccc2)oc2cc3c(cc12)CCC1(CCCCC1)O3.Cl.Cl.Cl. The number of aryl methyl sites for hydroxylation is 2. The lowest BCUT2D eigenvalue weighted by molar-refractivity contribution is -0.122. The van der Waals surface area contributed by atoms with E-state index in [9.17, 15) is 4.79 Å². The number of nitrogens with one attached hydrogen (secondary N) is 1. The number of amides is 1. The van der Waals surface area contributed by atoms with Gasteiger partial charge in [0.25, 0.3) is 5.91 Å². The van der Waals surface area contributed by atoms with Gasteiger partial charge < -0.3 is 14.9 Å². The monoisotopic (exact) mass is 553 g/mol. The van der Waals surface area contributed by atoms with Crippen LogP contribution >= 0.6 is 37.2 Å². The minimum absolute atomic E-state index is 0.